The minimum absolute atomic E-state index is 0.0159. The van der Waals surface area contributed by atoms with Crippen LogP contribution >= 0.6 is 11.6 Å². The van der Waals surface area contributed by atoms with E-state index in [-0.39, 0.29) is 23.8 Å². The highest BCUT2D eigenvalue weighted by Crippen LogP contribution is 2.25. The van der Waals surface area contributed by atoms with E-state index < -0.39 is 11.6 Å². The summed E-state index contributed by atoms with van der Waals surface area (Å²) in [6.45, 7) is 0.175. The SMILES string of the molecule is COc1ccc(COc2ccc(F)c(CCl)c2F)cc1. The van der Waals surface area contributed by atoms with Crippen LogP contribution in [0.15, 0.2) is 36.4 Å². The van der Waals surface area contributed by atoms with Gasteiger partial charge in [0, 0.05) is 5.56 Å². The summed E-state index contributed by atoms with van der Waals surface area (Å²) in [5.41, 5.74) is 0.667. The molecular weight excluding hydrogens is 286 g/mol. The maximum Gasteiger partial charge on any atom is 0.172 e. The molecule has 20 heavy (non-hydrogen) atoms. The zero-order valence-electron chi connectivity index (χ0n) is 10.8. The summed E-state index contributed by atoms with van der Waals surface area (Å²) >= 11 is 5.51. The van der Waals surface area contributed by atoms with Gasteiger partial charge in [-0.15, -0.1) is 11.6 Å². The molecule has 0 heterocycles. The van der Waals surface area contributed by atoms with Gasteiger partial charge in [-0.3, -0.25) is 0 Å². The molecule has 0 amide bonds. The van der Waals surface area contributed by atoms with Gasteiger partial charge < -0.3 is 9.47 Å². The van der Waals surface area contributed by atoms with Crippen molar-refractivity contribution in [3.8, 4) is 11.5 Å². The molecule has 0 saturated heterocycles. The number of halogens is 3. The summed E-state index contributed by atoms with van der Waals surface area (Å²) in [4.78, 5) is 0. The largest absolute Gasteiger partial charge is 0.497 e. The number of benzene rings is 2. The van der Waals surface area contributed by atoms with Crippen LogP contribution in [-0.4, -0.2) is 7.11 Å². The van der Waals surface area contributed by atoms with E-state index in [0.29, 0.717) is 0 Å². The lowest BCUT2D eigenvalue weighted by Gasteiger charge is -2.10. The third-order valence-electron chi connectivity index (χ3n) is 2.84. The molecule has 0 aromatic heterocycles. The molecule has 0 saturated carbocycles. The van der Waals surface area contributed by atoms with Crippen molar-refractivity contribution in [3.05, 3.63) is 59.2 Å². The fourth-order valence-corrected chi connectivity index (χ4v) is 1.94. The van der Waals surface area contributed by atoms with Gasteiger partial charge in [0.2, 0.25) is 0 Å². The molecule has 5 heteroatoms. The third kappa shape index (κ3) is 3.20. The second-order valence-electron chi connectivity index (χ2n) is 4.11. The number of hydrogen-bond donors (Lipinski definition) is 0. The molecule has 0 spiro atoms. The molecule has 0 aliphatic rings. The maximum atomic E-state index is 13.9. The normalized spacial score (nSPS) is 10.4. The first-order valence-corrected chi connectivity index (χ1v) is 6.47. The highest BCUT2D eigenvalue weighted by atomic mass is 35.5. The van der Waals surface area contributed by atoms with Crippen molar-refractivity contribution in [1.82, 2.24) is 0 Å². The van der Waals surface area contributed by atoms with Crippen LogP contribution in [0, 0.1) is 11.6 Å². The van der Waals surface area contributed by atoms with E-state index in [1.165, 1.54) is 6.07 Å². The summed E-state index contributed by atoms with van der Waals surface area (Å²) in [6, 6.07) is 9.58. The predicted octanol–water partition coefficient (Wildman–Crippen LogP) is 4.29. The summed E-state index contributed by atoms with van der Waals surface area (Å²) in [7, 11) is 1.58. The quantitative estimate of drug-likeness (QED) is 0.767. The summed E-state index contributed by atoms with van der Waals surface area (Å²) in [5.74, 6) is -0.955. The van der Waals surface area contributed by atoms with E-state index in [0.717, 1.165) is 17.4 Å². The molecule has 0 atom stereocenters. The van der Waals surface area contributed by atoms with Crippen molar-refractivity contribution >= 4 is 11.6 Å². The Morgan fingerprint density at radius 2 is 1.75 bits per heavy atom. The molecule has 2 aromatic rings. The molecule has 2 rings (SSSR count). The van der Waals surface area contributed by atoms with Gasteiger partial charge in [0.15, 0.2) is 11.6 Å². The first-order chi connectivity index (χ1) is 9.65. The Morgan fingerprint density at radius 3 is 2.35 bits per heavy atom. The van der Waals surface area contributed by atoms with Crippen molar-refractivity contribution in [2.24, 2.45) is 0 Å². The molecule has 0 radical (unpaired) electrons. The number of hydrogen-bond acceptors (Lipinski definition) is 2. The van der Waals surface area contributed by atoms with Crippen LogP contribution in [0.3, 0.4) is 0 Å². The molecule has 0 aliphatic heterocycles. The zero-order valence-corrected chi connectivity index (χ0v) is 11.6. The Bertz CT molecular complexity index is 585. The number of methoxy groups -OCH3 is 1. The maximum absolute atomic E-state index is 13.9. The van der Waals surface area contributed by atoms with Crippen LogP contribution in [-0.2, 0) is 12.5 Å². The van der Waals surface area contributed by atoms with Crippen molar-refractivity contribution in [3.63, 3.8) is 0 Å². The average Bonchev–Trinajstić information content (AvgIpc) is 2.47. The first-order valence-electron chi connectivity index (χ1n) is 5.94. The van der Waals surface area contributed by atoms with Crippen molar-refractivity contribution in [1.29, 1.82) is 0 Å². The van der Waals surface area contributed by atoms with E-state index in [1.54, 1.807) is 19.2 Å². The topological polar surface area (TPSA) is 18.5 Å². The standard InChI is InChI=1S/C15H13ClF2O2/c1-19-11-4-2-10(3-5-11)9-20-14-7-6-13(17)12(8-16)15(14)18/h2-7H,8-9H2,1H3. The summed E-state index contributed by atoms with van der Waals surface area (Å²) < 4.78 is 37.6. The number of rotatable bonds is 5. The molecule has 2 nitrogen and oxygen atoms in total. The molecule has 106 valence electrons. The molecular formula is C15H13ClF2O2. The van der Waals surface area contributed by atoms with E-state index >= 15 is 0 Å². The minimum atomic E-state index is -0.756. The molecule has 0 N–H and O–H groups in total. The second kappa shape index (κ2) is 6.57. The highest BCUT2D eigenvalue weighted by molar-refractivity contribution is 6.17. The van der Waals surface area contributed by atoms with Crippen molar-refractivity contribution in [2.45, 2.75) is 12.5 Å². The predicted molar refractivity (Wildman–Crippen MR) is 73.2 cm³/mol. The fraction of sp³-hybridized carbons (Fsp3) is 0.200. The van der Waals surface area contributed by atoms with Gasteiger partial charge in [-0.2, -0.15) is 0 Å². The average molecular weight is 299 g/mol. The second-order valence-corrected chi connectivity index (χ2v) is 4.38. The van der Waals surface area contributed by atoms with Gasteiger partial charge in [0.05, 0.1) is 13.0 Å². The van der Waals surface area contributed by atoms with Crippen LogP contribution in [0.25, 0.3) is 0 Å². The fourth-order valence-electron chi connectivity index (χ4n) is 1.69. The van der Waals surface area contributed by atoms with Crippen molar-refractivity contribution in [2.75, 3.05) is 7.11 Å². The van der Waals surface area contributed by atoms with Crippen molar-refractivity contribution < 1.29 is 18.3 Å². The minimum Gasteiger partial charge on any atom is -0.497 e. The molecule has 0 aliphatic carbocycles. The Labute approximate surface area is 120 Å². The van der Waals surface area contributed by atoms with Gasteiger partial charge in [0.1, 0.15) is 18.2 Å². The Morgan fingerprint density at radius 1 is 1.05 bits per heavy atom. The van der Waals surface area contributed by atoms with Gasteiger partial charge in [-0.25, -0.2) is 8.78 Å². The van der Waals surface area contributed by atoms with Crippen LogP contribution in [0.5, 0.6) is 11.5 Å². The summed E-state index contributed by atoms with van der Waals surface area (Å²) in [5, 5.41) is 0. The van der Waals surface area contributed by atoms with Gasteiger partial charge in [-0.1, -0.05) is 12.1 Å². The lowest BCUT2D eigenvalue weighted by molar-refractivity contribution is 0.288. The third-order valence-corrected chi connectivity index (χ3v) is 3.10. The number of alkyl halides is 1. The van der Waals surface area contributed by atoms with Gasteiger partial charge >= 0.3 is 0 Å². The van der Waals surface area contributed by atoms with Crippen LogP contribution in [0.2, 0.25) is 0 Å². The van der Waals surface area contributed by atoms with Crippen LogP contribution in [0.1, 0.15) is 11.1 Å². The monoisotopic (exact) mass is 298 g/mol. The first kappa shape index (κ1) is 14.6. The summed E-state index contributed by atoms with van der Waals surface area (Å²) in [6.07, 6.45) is 0. The zero-order chi connectivity index (χ0) is 14.5. The molecule has 0 fully saturated rings. The van der Waals surface area contributed by atoms with E-state index in [9.17, 15) is 8.78 Å². The molecule has 0 unspecified atom stereocenters. The van der Waals surface area contributed by atoms with Crippen LogP contribution < -0.4 is 9.47 Å². The van der Waals surface area contributed by atoms with Gasteiger partial charge in [0.25, 0.3) is 0 Å². The lowest BCUT2D eigenvalue weighted by atomic mass is 10.2. The van der Waals surface area contributed by atoms with E-state index in [2.05, 4.69) is 0 Å². The smallest absolute Gasteiger partial charge is 0.172 e. The van der Waals surface area contributed by atoms with Crippen LogP contribution in [0.4, 0.5) is 8.78 Å². The Kier molecular flexibility index (Phi) is 4.79. The Hall–Kier alpha value is -1.81. The van der Waals surface area contributed by atoms with E-state index in [1.807, 2.05) is 12.1 Å². The number of ether oxygens (including phenoxy) is 2. The van der Waals surface area contributed by atoms with Gasteiger partial charge in [-0.05, 0) is 29.8 Å². The highest BCUT2D eigenvalue weighted by Gasteiger charge is 2.13. The molecule has 2 aromatic carbocycles. The Balaban J connectivity index is 2.10. The lowest BCUT2D eigenvalue weighted by Crippen LogP contribution is -2.01. The molecule has 0 bridgehead atoms. The van der Waals surface area contributed by atoms with E-state index in [4.69, 9.17) is 21.1 Å².